The van der Waals surface area contributed by atoms with Gasteiger partial charge in [-0.15, -0.1) is 11.8 Å². The van der Waals surface area contributed by atoms with Crippen molar-refractivity contribution < 1.29 is 4.79 Å². The lowest BCUT2D eigenvalue weighted by atomic mass is 9.97. The molecular weight excluding hydrogens is 388 g/mol. The van der Waals surface area contributed by atoms with Crippen LogP contribution in [0.3, 0.4) is 0 Å². The van der Waals surface area contributed by atoms with Crippen molar-refractivity contribution in [3.8, 4) is 0 Å². The van der Waals surface area contributed by atoms with Crippen LogP contribution in [0, 0.1) is 13.8 Å². The summed E-state index contributed by atoms with van der Waals surface area (Å²) in [5, 5.41) is 8.83. The monoisotopic (exact) mass is 412 g/mol. The highest BCUT2D eigenvalue weighted by Gasteiger charge is 2.06. The van der Waals surface area contributed by atoms with Gasteiger partial charge in [0.25, 0.3) is 0 Å². The molecule has 1 N–H and O–H groups in total. The molecule has 4 aromatic rings. The third kappa shape index (κ3) is 4.71. The molecule has 0 spiro atoms. The fourth-order valence-electron chi connectivity index (χ4n) is 3.80. The van der Waals surface area contributed by atoms with Gasteiger partial charge in [-0.2, -0.15) is 5.10 Å². The zero-order valence-corrected chi connectivity index (χ0v) is 18.0. The number of carbonyl (C=O) groups excluding carboxylic acids is 1. The number of benzene rings is 4. The van der Waals surface area contributed by atoms with Gasteiger partial charge in [0.05, 0.1) is 12.0 Å². The lowest BCUT2D eigenvalue weighted by Crippen LogP contribution is -2.19. The topological polar surface area (TPSA) is 41.5 Å². The van der Waals surface area contributed by atoms with Gasteiger partial charge in [-0.05, 0) is 47.0 Å². The molecule has 0 unspecified atom stereocenters. The highest BCUT2D eigenvalue weighted by molar-refractivity contribution is 7.99. The molecule has 0 fully saturated rings. The number of amides is 1. The van der Waals surface area contributed by atoms with Crippen molar-refractivity contribution in [2.75, 3.05) is 5.75 Å². The Morgan fingerprint density at radius 2 is 1.50 bits per heavy atom. The SMILES string of the molecule is Cc1cc(C)cc(CSCC(=O)N/N=C\c2c3ccccc3cc3ccccc23)c1. The number of hydrazone groups is 1. The number of fused-ring (bicyclic) bond motifs is 2. The van der Waals surface area contributed by atoms with E-state index in [1.54, 1.807) is 18.0 Å². The highest BCUT2D eigenvalue weighted by Crippen LogP contribution is 2.27. The number of nitrogens with one attached hydrogen (secondary N) is 1. The predicted octanol–water partition coefficient (Wildman–Crippen LogP) is 5.99. The van der Waals surface area contributed by atoms with Crippen molar-refractivity contribution in [2.24, 2.45) is 5.10 Å². The van der Waals surface area contributed by atoms with Crippen molar-refractivity contribution >= 4 is 45.4 Å². The van der Waals surface area contributed by atoms with Crippen LogP contribution in [0.15, 0.2) is 77.9 Å². The first-order valence-electron chi connectivity index (χ1n) is 9.97. The van der Waals surface area contributed by atoms with Gasteiger partial charge in [-0.1, -0.05) is 77.9 Å². The summed E-state index contributed by atoms with van der Waals surface area (Å²) >= 11 is 1.60. The predicted molar refractivity (Wildman–Crippen MR) is 129 cm³/mol. The van der Waals surface area contributed by atoms with E-state index < -0.39 is 0 Å². The molecule has 0 atom stereocenters. The second-order valence-corrected chi connectivity index (χ2v) is 8.50. The maximum absolute atomic E-state index is 12.2. The molecular formula is C26H24N2OS. The fourth-order valence-corrected chi connectivity index (χ4v) is 4.56. The molecule has 0 saturated heterocycles. The lowest BCUT2D eigenvalue weighted by Gasteiger charge is -2.08. The van der Waals surface area contributed by atoms with Crippen LogP contribution in [-0.4, -0.2) is 17.9 Å². The summed E-state index contributed by atoms with van der Waals surface area (Å²) in [7, 11) is 0. The summed E-state index contributed by atoms with van der Waals surface area (Å²) in [5.41, 5.74) is 7.45. The zero-order valence-electron chi connectivity index (χ0n) is 17.2. The van der Waals surface area contributed by atoms with Crippen molar-refractivity contribution in [2.45, 2.75) is 19.6 Å². The molecule has 3 nitrogen and oxygen atoms in total. The summed E-state index contributed by atoms with van der Waals surface area (Å²) in [6.07, 6.45) is 1.76. The zero-order chi connectivity index (χ0) is 20.9. The minimum absolute atomic E-state index is 0.0924. The number of rotatable bonds is 6. The second-order valence-electron chi connectivity index (χ2n) is 7.51. The lowest BCUT2D eigenvalue weighted by molar-refractivity contribution is -0.118. The van der Waals surface area contributed by atoms with E-state index in [4.69, 9.17) is 0 Å². The Kier molecular flexibility index (Phi) is 6.15. The molecule has 0 radical (unpaired) electrons. The van der Waals surface area contributed by atoms with Crippen LogP contribution in [0.4, 0.5) is 0 Å². The van der Waals surface area contributed by atoms with Crippen LogP contribution in [0.25, 0.3) is 21.5 Å². The number of aryl methyl sites for hydroxylation is 2. The van der Waals surface area contributed by atoms with E-state index in [1.807, 2.05) is 24.3 Å². The van der Waals surface area contributed by atoms with E-state index in [2.05, 4.69) is 72.9 Å². The molecule has 0 aliphatic rings. The molecule has 4 rings (SSSR count). The van der Waals surface area contributed by atoms with E-state index >= 15 is 0 Å². The molecule has 0 bridgehead atoms. The Balaban J connectivity index is 1.43. The quantitative estimate of drug-likeness (QED) is 0.240. The van der Waals surface area contributed by atoms with Crippen molar-refractivity contribution in [3.63, 3.8) is 0 Å². The van der Waals surface area contributed by atoms with Gasteiger partial charge in [0.1, 0.15) is 0 Å². The molecule has 0 aliphatic heterocycles. The maximum Gasteiger partial charge on any atom is 0.250 e. The van der Waals surface area contributed by atoms with Gasteiger partial charge in [-0.25, -0.2) is 5.43 Å². The van der Waals surface area contributed by atoms with Gasteiger partial charge in [0.2, 0.25) is 5.91 Å². The normalized spacial score (nSPS) is 11.4. The van der Waals surface area contributed by atoms with E-state index in [1.165, 1.54) is 16.7 Å². The average molecular weight is 413 g/mol. The molecule has 0 aliphatic carbocycles. The summed E-state index contributed by atoms with van der Waals surface area (Å²) in [4.78, 5) is 12.2. The fraction of sp³-hybridized carbons (Fsp3) is 0.154. The Hall–Kier alpha value is -3.11. The van der Waals surface area contributed by atoms with Crippen LogP contribution in [0.1, 0.15) is 22.3 Å². The molecule has 0 aromatic heterocycles. The van der Waals surface area contributed by atoms with E-state index in [0.717, 1.165) is 32.9 Å². The standard InChI is InChI=1S/C26H24N2OS/c1-18-11-19(2)13-20(12-18)16-30-17-26(29)28-27-15-25-23-9-5-3-7-21(23)14-22-8-4-6-10-24(22)25/h3-15H,16-17H2,1-2H3,(H,28,29)/b27-15-. The van der Waals surface area contributed by atoms with Gasteiger partial charge in [0, 0.05) is 11.3 Å². The van der Waals surface area contributed by atoms with Crippen LogP contribution in [0.5, 0.6) is 0 Å². The van der Waals surface area contributed by atoms with Gasteiger partial charge >= 0.3 is 0 Å². The summed E-state index contributed by atoms with van der Waals surface area (Å²) in [5.74, 6) is 1.10. The second kappa shape index (κ2) is 9.14. The number of carbonyl (C=O) groups is 1. The summed E-state index contributed by atoms with van der Waals surface area (Å²) in [6, 6.07) is 25.2. The first-order chi connectivity index (χ1) is 14.6. The van der Waals surface area contributed by atoms with Crippen molar-refractivity contribution in [1.82, 2.24) is 5.43 Å². The molecule has 150 valence electrons. The third-order valence-corrected chi connectivity index (χ3v) is 5.98. The number of nitrogens with zero attached hydrogens (tertiary/aromatic N) is 1. The smallest absolute Gasteiger partial charge is 0.250 e. The molecule has 4 aromatic carbocycles. The van der Waals surface area contributed by atoms with Gasteiger partial charge in [-0.3, -0.25) is 4.79 Å². The molecule has 0 heterocycles. The van der Waals surface area contributed by atoms with Crippen molar-refractivity contribution in [3.05, 3.63) is 95.1 Å². The largest absolute Gasteiger partial charge is 0.272 e. The first-order valence-corrected chi connectivity index (χ1v) is 11.1. The molecule has 1 amide bonds. The average Bonchev–Trinajstić information content (AvgIpc) is 2.72. The maximum atomic E-state index is 12.2. The van der Waals surface area contributed by atoms with Crippen LogP contribution < -0.4 is 5.43 Å². The minimum Gasteiger partial charge on any atom is -0.272 e. The van der Waals surface area contributed by atoms with E-state index in [9.17, 15) is 4.79 Å². The number of hydrogen-bond donors (Lipinski definition) is 1. The van der Waals surface area contributed by atoms with E-state index in [-0.39, 0.29) is 5.91 Å². The Morgan fingerprint density at radius 3 is 2.13 bits per heavy atom. The molecule has 4 heteroatoms. The molecule has 30 heavy (non-hydrogen) atoms. The number of thioether (sulfide) groups is 1. The summed E-state index contributed by atoms with van der Waals surface area (Å²) in [6.45, 7) is 4.19. The Bertz CT molecular complexity index is 1170. The summed E-state index contributed by atoms with van der Waals surface area (Å²) < 4.78 is 0. The number of hydrogen-bond acceptors (Lipinski definition) is 3. The van der Waals surface area contributed by atoms with Crippen LogP contribution in [0.2, 0.25) is 0 Å². The highest BCUT2D eigenvalue weighted by atomic mass is 32.2. The van der Waals surface area contributed by atoms with Crippen LogP contribution >= 0.6 is 11.8 Å². The van der Waals surface area contributed by atoms with Gasteiger partial charge in [0.15, 0.2) is 0 Å². The van der Waals surface area contributed by atoms with Crippen LogP contribution in [-0.2, 0) is 10.5 Å². The third-order valence-electron chi connectivity index (χ3n) is 4.98. The van der Waals surface area contributed by atoms with Gasteiger partial charge < -0.3 is 0 Å². The first kappa shape index (κ1) is 20.2. The van der Waals surface area contributed by atoms with E-state index in [0.29, 0.717) is 5.75 Å². The van der Waals surface area contributed by atoms with Crippen molar-refractivity contribution in [1.29, 1.82) is 0 Å². The minimum atomic E-state index is -0.0924. The Morgan fingerprint density at radius 1 is 0.900 bits per heavy atom. The molecule has 0 saturated carbocycles. The Labute approximate surface area is 181 Å².